The molecule has 0 aliphatic heterocycles. The van der Waals surface area contributed by atoms with Gasteiger partial charge in [-0.3, -0.25) is 0 Å². The third kappa shape index (κ3) is 3.49. The van der Waals surface area contributed by atoms with Crippen molar-refractivity contribution in [3.63, 3.8) is 0 Å². The molecular formula is C39H44O. The summed E-state index contributed by atoms with van der Waals surface area (Å²) >= 11 is 0. The van der Waals surface area contributed by atoms with Gasteiger partial charge in [-0.2, -0.15) is 0 Å². The maximum Gasteiger partial charge on any atom is 0.0577 e. The quantitative estimate of drug-likeness (QED) is 0.206. The molecule has 1 N–H and O–H groups in total. The van der Waals surface area contributed by atoms with Crippen molar-refractivity contribution < 1.29 is 5.11 Å². The first-order valence-corrected chi connectivity index (χ1v) is 16.1. The Labute approximate surface area is 239 Å². The zero-order valence-corrected chi connectivity index (χ0v) is 24.4. The monoisotopic (exact) mass is 528 g/mol. The summed E-state index contributed by atoms with van der Waals surface area (Å²) in [5, 5.41) is 18.7. The Morgan fingerprint density at radius 1 is 0.850 bits per heavy atom. The molecule has 7 atom stereocenters. The van der Waals surface area contributed by atoms with E-state index in [2.05, 4.69) is 74.5 Å². The fourth-order valence-electron chi connectivity index (χ4n) is 10.8. The number of aliphatic hydroxyl groups excluding tert-OH is 1. The average molecular weight is 529 g/mol. The van der Waals surface area contributed by atoms with E-state index in [1.165, 1.54) is 82.0 Å². The summed E-state index contributed by atoms with van der Waals surface area (Å²) in [6, 6.07) is 20.7. The van der Waals surface area contributed by atoms with Crippen molar-refractivity contribution in [3.05, 3.63) is 84.0 Å². The molecule has 0 saturated heterocycles. The van der Waals surface area contributed by atoms with Gasteiger partial charge in [-0.05, 0) is 137 Å². The van der Waals surface area contributed by atoms with Gasteiger partial charge >= 0.3 is 0 Å². The van der Waals surface area contributed by atoms with E-state index in [-0.39, 0.29) is 6.10 Å². The molecule has 8 rings (SSSR count). The van der Waals surface area contributed by atoms with Gasteiger partial charge in [-0.1, -0.05) is 92.2 Å². The van der Waals surface area contributed by atoms with E-state index < -0.39 is 0 Å². The van der Waals surface area contributed by atoms with E-state index in [9.17, 15) is 5.11 Å². The van der Waals surface area contributed by atoms with Crippen molar-refractivity contribution in [2.45, 2.75) is 84.2 Å². The van der Waals surface area contributed by atoms with Crippen LogP contribution in [0.3, 0.4) is 0 Å². The van der Waals surface area contributed by atoms with Crippen molar-refractivity contribution in [1.82, 2.24) is 0 Å². The van der Waals surface area contributed by atoms with Gasteiger partial charge in [-0.25, -0.2) is 0 Å². The third-order valence-electron chi connectivity index (χ3n) is 12.9. The number of rotatable bonds is 4. The van der Waals surface area contributed by atoms with E-state index in [0.29, 0.717) is 16.7 Å². The van der Waals surface area contributed by atoms with Crippen molar-refractivity contribution >= 4 is 32.3 Å². The zero-order chi connectivity index (χ0) is 27.2. The van der Waals surface area contributed by atoms with Crippen LogP contribution in [-0.4, -0.2) is 11.2 Å². The first kappa shape index (κ1) is 25.1. The highest BCUT2D eigenvalue weighted by Gasteiger charge is 2.58. The van der Waals surface area contributed by atoms with Gasteiger partial charge in [0, 0.05) is 0 Å². The van der Waals surface area contributed by atoms with Gasteiger partial charge in [0.05, 0.1) is 6.10 Å². The first-order chi connectivity index (χ1) is 19.4. The van der Waals surface area contributed by atoms with Crippen LogP contribution < -0.4 is 0 Å². The van der Waals surface area contributed by atoms with Crippen LogP contribution in [-0.2, 0) is 6.42 Å². The van der Waals surface area contributed by atoms with Gasteiger partial charge in [0.15, 0.2) is 0 Å². The Bertz CT molecular complexity index is 1640. The lowest BCUT2D eigenvalue weighted by Crippen LogP contribution is -2.50. The molecule has 0 bridgehead atoms. The molecule has 0 spiro atoms. The molecular weight excluding hydrogens is 484 g/mol. The summed E-state index contributed by atoms with van der Waals surface area (Å²) in [6.07, 6.45) is 14.4. The second-order valence-corrected chi connectivity index (χ2v) is 14.6. The molecule has 4 aliphatic rings. The third-order valence-corrected chi connectivity index (χ3v) is 12.9. The van der Waals surface area contributed by atoms with Crippen molar-refractivity contribution in [3.8, 4) is 0 Å². The van der Waals surface area contributed by atoms with Crippen molar-refractivity contribution in [2.75, 3.05) is 0 Å². The molecule has 0 radical (unpaired) electrons. The lowest BCUT2D eigenvalue weighted by Gasteiger charge is -2.58. The number of allylic oxidation sites excluding steroid dienone is 2. The Hall–Kier alpha value is -2.64. The Morgan fingerprint density at radius 3 is 2.42 bits per heavy atom. The minimum atomic E-state index is -0.114. The smallest absolute Gasteiger partial charge is 0.0577 e. The van der Waals surface area contributed by atoms with Crippen LogP contribution in [0.15, 0.2) is 78.4 Å². The summed E-state index contributed by atoms with van der Waals surface area (Å²) in [4.78, 5) is 0. The number of aliphatic hydroxyl groups is 1. The molecule has 0 heterocycles. The molecule has 206 valence electrons. The zero-order valence-electron chi connectivity index (χ0n) is 24.4. The van der Waals surface area contributed by atoms with Crippen LogP contribution in [0.1, 0.15) is 77.2 Å². The maximum absolute atomic E-state index is 10.4. The highest BCUT2D eigenvalue weighted by Crippen LogP contribution is 2.67. The first-order valence-electron chi connectivity index (χ1n) is 16.1. The minimum Gasteiger partial charge on any atom is -0.393 e. The molecule has 0 aromatic heterocycles. The summed E-state index contributed by atoms with van der Waals surface area (Å²) in [5.41, 5.74) is 5.30. The number of hydrogen-bond donors (Lipinski definition) is 1. The van der Waals surface area contributed by atoms with Crippen molar-refractivity contribution in [2.24, 2.45) is 34.5 Å². The lowest BCUT2D eigenvalue weighted by atomic mass is 9.47. The van der Waals surface area contributed by atoms with Crippen LogP contribution in [0, 0.1) is 34.5 Å². The fraction of sp³-hybridized carbons (Fsp3) is 0.487. The van der Waals surface area contributed by atoms with Gasteiger partial charge < -0.3 is 5.11 Å². The van der Waals surface area contributed by atoms with Gasteiger partial charge in [0.25, 0.3) is 0 Å². The van der Waals surface area contributed by atoms with E-state index in [1.807, 2.05) is 0 Å². The van der Waals surface area contributed by atoms with E-state index >= 15 is 0 Å². The average Bonchev–Trinajstić information content (AvgIpc) is 3.32. The molecule has 4 aromatic carbocycles. The van der Waals surface area contributed by atoms with Crippen LogP contribution in [0.5, 0.6) is 0 Å². The van der Waals surface area contributed by atoms with Crippen LogP contribution in [0.4, 0.5) is 0 Å². The minimum absolute atomic E-state index is 0.114. The molecule has 1 heteroatoms. The summed E-state index contributed by atoms with van der Waals surface area (Å²) in [7, 11) is 0. The molecule has 1 nitrogen and oxygen atoms in total. The summed E-state index contributed by atoms with van der Waals surface area (Å²) in [5.74, 6) is 3.11. The van der Waals surface area contributed by atoms with Crippen LogP contribution in [0.25, 0.3) is 32.3 Å². The Morgan fingerprint density at radius 2 is 1.60 bits per heavy atom. The van der Waals surface area contributed by atoms with Crippen molar-refractivity contribution in [1.29, 1.82) is 0 Å². The molecule has 4 aromatic rings. The second-order valence-electron chi connectivity index (χ2n) is 14.6. The number of fused-ring (bicyclic) bond motifs is 5. The topological polar surface area (TPSA) is 20.2 Å². The summed E-state index contributed by atoms with van der Waals surface area (Å²) < 4.78 is 0. The highest BCUT2D eigenvalue weighted by molar-refractivity contribution is 6.23. The molecule has 40 heavy (non-hydrogen) atoms. The molecule has 0 amide bonds. The normalized spacial score (nSPS) is 35.5. The summed E-state index contributed by atoms with van der Waals surface area (Å²) in [6.45, 7) is 9.99. The van der Waals surface area contributed by atoms with Crippen LogP contribution >= 0.6 is 0 Å². The van der Waals surface area contributed by atoms with Gasteiger partial charge in [-0.15, -0.1) is 0 Å². The maximum atomic E-state index is 10.4. The SMILES string of the molecule is C=C(CCc1ccc2ccc3cccc4ccc1c2c34)[C@H]1CC[C@H]2[C@@H]3CC=C4C[C@@H](O)CC[C@]4(C)C3CC[C@]12C. The van der Waals surface area contributed by atoms with E-state index in [0.717, 1.165) is 43.4 Å². The predicted octanol–water partition coefficient (Wildman–Crippen LogP) is 10.0. The highest BCUT2D eigenvalue weighted by atomic mass is 16.3. The van der Waals surface area contributed by atoms with Gasteiger partial charge in [0.2, 0.25) is 0 Å². The molecule has 4 aliphatic carbocycles. The molecule has 3 fully saturated rings. The second kappa shape index (κ2) is 8.93. The fourth-order valence-corrected chi connectivity index (χ4v) is 10.8. The van der Waals surface area contributed by atoms with Gasteiger partial charge in [0.1, 0.15) is 0 Å². The molecule has 1 unspecified atom stereocenters. The Kier molecular flexibility index (Phi) is 5.60. The number of benzene rings is 4. The van der Waals surface area contributed by atoms with E-state index in [1.54, 1.807) is 5.57 Å². The van der Waals surface area contributed by atoms with Crippen LogP contribution in [0.2, 0.25) is 0 Å². The molecule has 3 saturated carbocycles. The standard InChI is InChI=1S/C39H44O/c1-24(7-8-25-9-10-28-12-11-26-5-4-6-27-13-15-31(25)37(28)36(26)27)33-17-18-34-32-16-14-29-23-30(40)19-21-38(29,2)35(32)20-22-39(33,34)3/h4-6,9-15,30,32-35,40H,1,7-8,16-23H2,2-3H3/t30-,32-,33+,34-,35?,38-,39+/m0/s1. The largest absolute Gasteiger partial charge is 0.393 e. The number of aryl methyl sites for hydroxylation is 1. The predicted molar refractivity (Wildman–Crippen MR) is 169 cm³/mol. The lowest BCUT2D eigenvalue weighted by molar-refractivity contribution is -0.0456. The van der Waals surface area contributed by atoms with E-state index in [4.69, 9.17) is 6.58 Å². The number of hydrogen-bond acceptors (Lipinski definition) is 1. The Balaban J connectivity index is 1.04.